The molecular weight excluding hydrogens is 366 g/mol. The van der Waals surface area contributed by atoms with Gasteiger partial charge in [0.05, 0.1) is 5.69 Å². The van der Waals surface area contributed by atoms with Crippen molar-refractivity contribution in [2.45, 2.75) is 41.2 Å². The molecular formula is C22H25N5O2. The summed E-state index contributed by atoms with van der Waals surface area (Å²) in [6.07, 6.45) is 0. The summed E-state index contributed by atoms with van der Waals surface area (Å²) < 4.78 is 1.42. The van der Waals surface area contributed by atoms with E-state index in [1.807, 2.05) is 64.1 Å². The second-order valence-corrected chi connectivity index (χ2v) is 7.32. The van der Waals surface area contributed by atoms with E-state index in [0.29, 0.717) is 11.4 Å². The molecule has 3 rings (SSSR count). The van der Waals surface area contributed by atoms with Crippen LogP contribution in [0.1, 0.15) is 38.4 Å². The molecule has 0 radical (unpaired) electrons. The van der Waals surface area contributed by atoms with E-state index in [9.17, 15) is 9.59 Å². The molecule has 150 valence electrons. The number of nitrogens with zero attached hydrogens (tertiary/aromatic N) is 3. The zero-order chi connectivity index (χ0) is 21.1. The molecule has 3 aromatic rings. The Hall–Kier alpha value is -3.48. The number of nitrogens with one attached hydrogen (secondary N) is 2. The van der Waals surface area contributed by atoms with Gasteiger partial charge in [-0.1, -0.05) is 40.6 Å². The Morgan fingerprint density at radius 3 is 2.14 bits per heavy atom. The van der Waals surface area contributed by atoms with Crippen molar-refractivity contribution in [1.29, 1.82) is 0 Å². The van der Waals surface area contributed by atoms with Crippen LogP contribution in [-0.4, -0.2) is 26.8 Å². The molecule has 29 heavy (non-hydrogen) atoms. The average Bonchev–Trinajstić information content (AvgIpc) is 3.00. The van der Waals surface area contributed by atoms with Crippen LogP contribution < -0.4 is 10.6 Å². The van der Waals surface area contributed by atoms with Crippen LogP contribution in [0.15, 0.2) is 36.4 Å². The number of carbonyl (C=O) groups is 2. The first-order valence-electron chi connectivity index (χ1n) is 9.40. The summed E-state index contributed by atoms with van der Waals surface area (Å²) in [6, 6.07) is 11.6. The highest BCUT2D eigenvalue weighted by atomic mass is 16.2. The Labute approximate surface area is 170 Å². The minimum atomic E-state index is -0.345. The van der Waals surface area contributed by atoms with Crippen molar-refractivity contribution in [3.05, 3.63) is 70.0 Å². The molecule has 1 heterocycles. The Morgan fingerprint density at radius 1 is 0.897 bits per heavy atom. The van der Waals surface area contributed by atoms with Crippen LogP contribution in [0.3, 0.4) is 0 Å². The molecule has 7 heteroatoms. The van der Waals surface area contributed by atoms with Crippen molar-refractivity contribution in [1.82, 2.24) is 15.0 Å². The number of benzene rings is 2. The van der Waals surface area contributed by atoms with Gasteiger partial charge >= 0.3 is 0 Å². The standard InChI is InChI=1S/C22H25N5O2/c1-13-6-8-18(9-7-13)23-19(28)12-27-17(5)21(25-26-27)22(29)24-20-15(3)10-14(2)11-16(20)4/h6-11H,12H2,1-5H3,(H,23,28)(H,24,29). The lowest BCUT2D eigenvalue weighted by Gasteiger charge is -2.12. The predicted octanol–water partition coefficient (Wildman–Crippen LogP) is 3.71. The third-order valence-electron chi connectivity index (χ3n) is 4.74. The van der Waals surface area contributed by atoms with Crippen molar-refractivity contribution in [2.24, 2.45) is 0 Å². The van der Waals surface area contributed by atoms with Gasteiger partial charge in [0.2, 0.25) is 5.91 Å². The SMILES string of the molecule is Cc1ccc(NC(=O)Cn2nnc(C(=O)Nc3c(C)cc(C)cc3C)c2C)cc1. The van der Waals surface area contributed by atoms with Gasteiger partial charge in [-0.25, -0.2) is 4.68 Å². The molecule has 0 fully saturated rings. The summed E-state index contributed by atoms with van der Waals surface area (Å²) >= 11 is 0. The molecule has 0 aliphatic heterocycles. The molecule has 2 N–H and O–H groups in total. The molecule has 0 aliphatic carbocycles. The minimum absolute atomic E-state index is 0.0252. The van der Waals surface area contributed by atoms with Gasteiger partial charge in [-0.3, -0.25) is 9.59 Å². The van der Waals surface area contributed by atoms with E-state index in [4.69, 9.17) is 0 Å². The molecule has 0 bridgehead atoms. The summed E-state index contributed by atoms with van der Waals surface area (Å²) in [7, 11) is 0. The molecule has 0 spiro atoms. The Morgan fingerprint density at radius 2 is 1.52 bits per heavy atom. The summed E-state index contributed by atoms with van der Waals surface area (Å²) in [6.45, 7) is 9.61. The smallest absolute Gasteiger partial charge is 0.278 e. The van der Waals surface area contributed by atoms with Gasteiger partial charge in [-0.15, -0.1) is 5.10 Å². The van der Waals surface area contributed by atoms with Gasteiger partial charge in [0.25, 0.3) is 5.91 Å². The van der Waals surface area contributed by atoms with E-state index in [-0.39, 0.29) is 24.1 Å². The lowest BCUT2D eigenvalue weighted by atomic mass is 10.0. The molecule has 0 aliphatic rings. The van der Waals surface area contributed by atoms with E-state index in [2.05, 4.69) is 20.9 Å². The van der Waals surface area contributed by atoms with Crippen LogP contribution in [0.25, 0.3) is 0 Å². The van der Waals surface area contributed by atoms with E-state index < -0.39 is 0 Å². The van der Waals surface area contributed by atoms with Crippen LogP contribution in [0.5, 0.6) is 0 Å². The van der Waals surface area contributed by atoms with Crippen LogP contribution in [0.2, 0.25) is 0 Å². The van der Waals surface area contributed by atoms with Gasteiger partial charge in [-0.05, 0) is 57.9 Å². The van der Waals surface area contributed by atoms with E-state index in [1.54, 1.807) is 6.92 Å². The molecule has 0 atom stereocenters. The molecule has 2 amide bonds. The van der Waals surface area contributed by atoms with Crippen molar-refractivity contribution in [3.8, 4) is 0 Å². The summed E-state index contributed by atoms with van der Waals surface area (Å²) in [5, 5.41) is 13.7. The van der Waals surface area contributed by atoms with Crippen molar-refractivity contribution >= 4 is 23.2 Å². The number of carbonyl (C=O) groups excluding carboxylic acids is 2. The number of anilines is 2. The highest BCUT2D eigenvalue weighted by Gasteiger charge is 2.19. The zero-order valence-electron chi connectivity index (χ0n) is 17.3. The highest BCUT2D eigenvalue weighted by molar-refractivity contribution is 6.04. The number of aromatic nitrogens is 3. The normalized spacial score (nSPS) is 10.7. The van der Waals surface area contributed by atoms with Crippen LogP contribution in [0.4, 0.5) is 11.4 Å². The maximum absolute atomic E-state index is 12.7. The zero-order valence-corrected chi connectivity index (χ0v) is 17.3. The minimum Gasteiger partial charge on any atom is -0.324 e. The maximum atomic E-state index is 12.7. The third kappa shape index (κ3) is 4.68. The topological polar surface area (TPSA) is 88.9 Å². The van der Waals surface area contributed by atoms with Gasteiger partial charge in [0, 0.05) is 11.4 Å². The van der Waals surface area contributed by atoms with Crippen molar-refractivity contribution in [2.75, 3.05) is 10.6 Å². The maximum Gasteiger partial charge on any atom is 0.278 e. The molecule has 7 nitrogen and oxygen atoms in total. The fourth-order valence-corrected chi connectivity index (χ4v) is 3.24. The van der Waals surface area contributed by atoms with Crippen LogP contribution >= 0.6 is 0 Å². The molecule has 0 saturated heterocycles. The monoisotopic (exact) mass is 391 g/mol. The first-order chi connectivity index (χ1) is 13.7. The van der Waals surface area contributed by atoms with Gasteiger partial charge in [0.15, 0.2) is 5.69 Å². The quantitative estimate of drug-likeness (QED) is 0.694. The lowest BCUT2D eigenvalue weighted by molar-refractivity contribution is -0.117. The summed E-state index contributed by atoms with van der Waals surface area (Å²) in [5.74, 6) is -0.582. The molecule has 0 saturated carbocycles. The van der Waals surface area contributed by atoms with Gasteiger partial charge in [0.1, 0.15) is 6.54 Å². The Kier molecular flexibility index (Phi) is 5.77. The Balaban J connectivity index is 1.71. The first kappa shape index (κ1) is 20.3. The fourth-order valence-electron chi connectivity index (χ4n) is 3.24. The van der Waals surface area contributed by atoms with E-state index >= 15 is 0 Å². The highest BCUT2D eigenvalue weighted by Crippen LogP contribution is 2.22. The summed E-state index contributed by atoms with van der Waals surface area (Å²) in [5.41, 5.74) is 6.44. The van der Waals surface area contributed by atoms with Crippen molar-refractivity contribution in [3.63, 3.8) is 0 Å². The second-order valence-electron chi connectivity index (χ2n) is 7.32. The molecule has 1 aromatic heterocycles. The van der Waals surface area contributed by atoms with E-state index in [0.717, 1.165) is 27.9 Å². The largest absolute Gasteiger partial charge is 0.324 e. The molecule has 0 unspecified atom stereocenters. The van der Waals surface area contributed by atoms with Crippen LogP contribution in [0, 0.1) is 34.6 Å². The van der Waals surface area contributed by atoms with Crippen molar-refractivity contribution < 1.29 is 9.59 Å². The lowest BCUT2D eigenvalue weighted by Crippen LogP contribution is -2.21. The van der Waals surface area contributed by atoms with Gasteiger partial charge < -0.3 is 10.6 Å². The number of hydrogen-bond donors (Lipinski definition) is 2. The predicted molar refractivity (Wildman–Crippen MR) is 113 cm³/mol. The van der Waals surface area contributed by atoms with Crippen LogP contribution in [-0.2, 0) is 11.3 Å². The number of hydrogen-bond acceptors (Lipinski definition) is 4. The Bertz CT molecular complexity index is 1040. The number of amides is 2. The second kappa shape index (κ2) is 8.26. The first-order valence-corrected chi connectivity index (χ1v) is 9.40. The number of rotatable bonds is 5. The average molecular weight is 391 g/mol. The molecule has 2 aromatic carbocycles. The van der Waals surface area contributed by atoms with Gasteiger partial charge in [-0.2, -0.15) is 0 Å². The summed E-state index contributed by atoms with van der Waals surface area (Å²) in [4.78, 5) is 25.0. The number of aryl methyl sites for hydroxylation is 4. The van der Waals surface area contributed by atoms with E-state index in [1.165, 1.54) is 4.68 Å². The fraction of sp³-hybridized carbons (Fsp3) is 0.273. The third-order valence-corrected chi connectivity index (χ3v) is 4.74.